The molecule has 9 heteroatoms. The number of halogens is 1. The van der Waals surface area contributed by atoms with E-state index in [1.165, 1.54) is 17.4 Å². The summed E-state index contributed by atoms with van der Waals surface area (Å²) in [5.41, 5.74) is 6.60. The highest BCUT2D eigenvalue weighted by atomic mass is 79.9. The van der Waals surface area contributed by atoms with Crippen LogP contribution in [0.15, 0.2) is 75.4 Å². The molecule has 3 aromatic rings. The third kappa shape index (κ3) is 7.04. The Morgan fingerprint density at radius 1 is 1.15 bits per heavy atom. The van der Waals surface area contributed by atoms with Crippen LogP contribution in [0, 0.1) is 0 Å². The first-order valence-electron chi connectivity index (χ1n) is 11.0. The predicted molar refractivity (Wildman–Crippen MR) is 144 cm³/mol. The molecular weight excluding hydrogens is 512 g/mol. The van der Waals surface area contributed by atoms with E-state index < -0.39 is 0 Å². The first-order chi connectivity index (χ1) is 16.4. The Morgan fingerprint density at radius 2 is 1.82 bits per heavy atom. The van der Waals surface area contributed by atoms with Gasteiger partial charge in [0.15, 0.2) is 11.0 Å². The fraction of sp³-hybridized carbons (Fsp3) is 0.280. The number of aromatic nitrogens is 3. The number of hydrogen-bond acceptors (Lipinski definition) is 6. The second kappa shape index (κ2) is 12.5. The molecule has 0 bridgehead atoms. The molecule has 0 radical (unpaired) electrons. The van der Waals surface area contributed by atoms with Crippen LogP contribution < -0.4 is 10.3 Å². The first-order valence-corrected chi connectivity index (χ1v) is 12.8. The zero-order chi connectivity index (χ0) is 24.5. The number of thioether (sulfide) groups is 1. The molecule has 7 nitrogen and oxygen atoms in total. The average molecular weight is 542 g/mol. The van der Waals surface area contributed by atoms with Crippen LogP contribution in [0.4, 0.5) is 5.69 Å². The number of nitrogens with zero attached hydrogens (tertiary/aromatic N) is 5. The molecular formula is C25H29BrN6OS. The van der Waals surface area contributed by atoms with E-state index in [-0.39, 0.29) is 11.7 Å². The summed E-state index contributed by atoms with van der Waals surface area (Å²) in [7, 11) is 0. The fourth-order valence-electron chi connectivity index (χ4n) is 3.32. The SMILES string of the molecule is C=C(C)Cn1c(SCC(=O)N/N=C\c2ccc(N(CC)CC)cc2)nnc1-c1ccc(Br)cc1. The Morgan fingerprint density at radius 3 is 2.44 bits per heavy atom. The van der Waals surface area contributed by atoms with E-state index in [1.54, 1.807) is 6.21 Å². The summed E-state index contributed by atoms with van der Waals surface area (Å²) in [6.07, 6.45) is 1.64. The summed E-state index contributed by atoms with van der Waals surface area (Å²) >= 11 is 4.77. The van der Waals surface area contributed by atoms with Crippen LogP contribution in [-0.2, 0) is 11.3 Å². The molecule has 0 fully saturated rings. The Balaban J connectivity index is 1.60. The lowest BCUT2D eigenvalue weighted by Gasteiger charge is -2.20. The highest BCUT2D eigenvalue weighted by molar-refractivity contribution is 9.10. The minimum atomic E-state index is -0.212. The molecule has 178 valence electrons. The maximum Gasteiger partial charge on any atom is 0.250 e. The Labute approximate surface area is 213 Å². The van der Waals surface area contributed by atoms with Crippen molar-refractivity contribution >= 4 is 45.5 Å². The van der Waals surface area contributed by atoms with Gasteiger partial charge in [0, 0.05) is 35.4 Å². The van der Waals surface area contributed by atoms with Crippen LogP contribution in [0.2, 0.25) is 0 Å². The summed E-state index contributed by atoms with van der Waals surface area (Å²) in [6.45, 7) is 12.7. The van der Waals surface area contributed by atoms with Gasteiger partial charge in [-0.1, -0.05) is 64.1 Å². The van der Waals surface area contributed by atoms with Crippen LogP contribution in [0.25, 0.3) is 11.4 Å². The van der Waals surface area contributed by atoms with E-state index in [4.69, 9.17) is 0 Å². The molecule has 0 atom stereocenters. The Hall–Kier alpha value is -2.91. The van der Waals surface area contributed by atoms with Gasteiger partial charge in [0.2, 0.25) is 0 Å². The number of carbonyl (C=O) groups excluding carboxylic acids is 1. The van der Waals surface area contributed by atoms with Crippen molar-refractivity contribution in [2.45, 2.75) is 32.5 Å². The molecule has 0 unspecified atom stereocenters. The second-order valence-electron chi connectivity index (χ2n) is 7.70. The van der Waals surface area contributed by atoms with Crippen LogP contribution in [-0.4, -0.2) is 45.7 Å². The zero-order valence-electron chi connectivity index (χ0n) is 19.7. The number of hydrogen-bond donors (Lipinski definition) is 1. The molecule has 0 spiro atoms. The van der Waals surface area contributed by atoms with Gasteiger partial charge >= 0.3 is 0 Å². The number of hydrazone groups is 1. The minimum Gasteiger partial charge on any atom is -0.372 e. The van der Waals surface area contributed by atoms with Crippen molar-refractivity contribution < 1.29 is 4.79 Å². The van der Waals surface area contributed by atoms with Crippen molar-refractivity contribution in [3.05, 3.63) is 70.7 Å². The number of amides is 1. The largest absolute Gasteiger partial charge is 0.372 e. The first kappa shape index (κ1) is 25.7. The van der Waals surface area contributed by atoms with Crippen molar-refractivity contribution in [3.8, 4) is 11.4 Å². The van der Waals surface area contributed by atoms with Crippen LogP contribution >= 0.6 is 27.7 Å². The maximum atomic E-state index is 12.3. The van der Waals surface area contributed by atoms with E-state index in [2.05, 4.69) is 74.1 Å². The van der Waals surface area contributed by atoms with Crippen molar-refractivity contribution in [1.82, 2.24) is 20.2 Å². The van der Waals surface area contributed by atoms with E-state index >= 15 is 0 Å². The molecule has 0 saturated carbocycles. The third-order valence-corrected chi connectivity index (χ3v) is 6.50. The number of allylic oxidation sites excluding steroid dienone is 1. The zero-order valence-corrected chi connectivity index (χ0v) is 22.1. The van der Waals surface area contributed by atoms with Crippen molar-refractivity contribution in [2.75, 3.05) is 23.7 Å². The van der Waals surface area contributed by atoms with E-state index in [0.717, 1.165) is 40.1 Å². The number of benzene rings is 2. The molecule has 1 N–H and O–H groups in total. The molecule has 1 heterocycles. The smallest absolute Gasteiger partial charge is 0.250 e. The lowest BCUT2D eigenvalue weighted by atomic mass is 10.2. The van der Waals surface area contributed by atoms with Crippen molar-refractivity contribution in [3.63, 3.8) is 0 Å². The van der Waals surface area contributed by atoms with Gasteiger partial charge in [0.05, 0.1) is 12.0 Å². The molecule has 0 aliphatic carbocycles. The molecule has 0 aliphatic heterocycles. The van der Waals surface area contributed by atoms with Gasteiger partial charge in [-0.05, 0) is 50.6 Å². The summed E-state index contributed by atoms with van der Waals surface area (Å²) in [5.74, 6) is 0.702. The van der Waals surface area contributed by atoms with Crippen molar-refractivity contribution in [1.29, 1.82) is 0 Å². The average Bonchev–Trinajstić information content (AvgIpc) is 3.21. The van der Waals surface area contributed by atoms with Gasteiger partial charge in [-0.25, -0.2) is 5.43 Å². The maximum absolute atomic E-state index is 12.3. The number of nitrogens with one attached hydrogen (secondary N) is 1. The van der Waals surface area contributed by atoms with Crippen molar-refractivity contribution in [2.24, 2.45) is 5.10 Å². The summed E-state index contributed by atoms with van der Waals surface area (Å²) in [4.78, 5) is 14.6. The second-order valence-corrected chi connectivity index (χ2v) is 9.56. The lowest BCUT2D eigenvalue weighted by molar-refractivity contribution is -0.118. The number of rotatable bonds is 11. The van der Waals surface area contributed by atoms with Gasteiger partial charge in [-0.2, -0.15) is 5.10 Å². The molecule has 1 aromatic heterocycles. The molecule has 1 amide bonds. The Bertz CT molecular complexity index is 1140. The van der Waals surface area contributed by atoms with E-state index in [1.807, 2.05) is 47.9 Å². The van der Waals surface area contributed by atoms with Crippen LogP contribution in [0.5, 0.6) is 0 Å². The minimum absolute atomic E-state index is 0.174. The fourth-order valence-corrected chi connectivity index (χ4v) is 4.32. The van der Waals surface area contributed by atoms with Gasteiger partial charge in [0.1, 0.15) is 0 Å². The highest BCUT2D eigenvalue weighted by Gasteiger charge is 2.15. The summed E-state index contributed by atoms with van der Waals surface area (Å²) in [6, 6.07) is 16.0. The van der Waals surface area contributed by atoms with Crippen LogP contribution in [0.1, 0.15) is 26.3 Å². The molecule has 2 aromatic carbocycles. The highest BCUT2D eigenvalue weighted by Crippen LogP contribution is 2.26. The van der Waals surface area contributed by atoms with E-state index in [9.17, 15) is 4.79 Å². The Kier molecular flexibility index (Phi) is 9.47. The quantitative estimate of drug-likeness (QED) is 0.153. The van der Waals surface area contributed by atoms with Gasteiger partial charge in [0.25, 0.3) is 5.91 Å². The van der Waals surface area contributed by atoms with Crippen LogP contribution in [0.3, 0.4) is 0 Å². The number of anilines is 1. The predicted octanol–water partition coefficient (Wildman–Crippen LogP) is 5.37. The lowest BCUT2D eigenvalue weighted by Crippen LogP contribution is -2.21. The normalized spacial score (nSPS) is 11.1. The molecule has 34 heavy (non-hydrogen) atoms. The third-order valence-electron chi connectivity index (χ3n) is 5.00. The van der Waals surface area contributed by atoms with E-state index in [0.29, 0.717) is 11.7 Å². The summed E-state index contributed by atoms with van der Waals surface area (Å²) < 4.78 is 2.97. The number of carbonyl (C=O) groups is 1. The topological polar surface area (TPSA) is 75.4 Å². The summed E-state index contributed by atoms with van der Waals surface area (Å²) in [5, 5.41) is 13.4. The molecule has 3 rings (SSSR count). The monoisotopic (exact) mass is 540 g/mol. The molecule has 0 aliphatic rings. The van der Waals surface area contributed by atoms with Gasteiger partial charge in [-0.3, -0.25) is 9.36 Å². The van der Waals surface area contributed by atoms with Gasteiger partial charge in [-0.15, -0.1) is 10.2 Å². The molecule has 0 saturated heterocycles. The standard InChI is InChI=1S/C25H29BrN6OS/c1-5-31(6-2)22-13-7-19(8-14-22)15-27-28-23(33)17-34-25-30-29-24(32(25)16-18(3)4)20-9-11-21(26)12-10-20/h7-15H,3,5-6,16-17H2,1-2,4H3,(H,28,33)/b27-15-. The van der Waals surface area contributed by atoms with Gasteiger partial charge < -0.3 is 4.90 Å².